The highest BCUT2D eigenvalue weighted by molar-refractivity contribution is 7.13. The molecule has 0 fully saturated rings. The molecule has 3 aromatic rings. The number of nitrogens with two attached hydrogens (primary N) is 1. The summed E-state index contributed by atoms with van der Waals surface area (Å²) in [5, 5.41) is 3.93. The lowest BCUT2D eigenvalue weighted by Gasteiger charge is -2.09. The maximum atomic E-state index is 6.33. The van der Waals surface area contributed by atoms with Crippen molar-refractivity contribution in [2.45, 2.75) is 0 Å². The van der Waals surface area contributed by atoms with Crippen LogP contribution in [-0.4, -0.2) is 17.1 Å². The zero-order valence-corrected chi connectivity index (χ0v) is 12.8. The molecule has 0 atom stereocenters. The van der Waals surface area contributed by atoms with Gasteiger partial charge in [0.1, 0.15) is 21.5 Å². The van der Waals surface area contributed by atoms with Crippen molar-refractivity contribution in [3.8, 4) is 16.5 Å². The largest absolute Gasteiger partial charge is 0.495 e. The summed E-state index contributed by atoms with van der Waals surface area (Å²) in [6, 6.07) is 5.43. The zero-order valence-electron chi connectivity index (χ0n) is 11.3. The molecule has 0 bridgehead atoms. The van der Waals surface area contributed by atoms with E-state index in [0.717, 1.165) is 16.1 Å². The second kappa shape index (κ2) is 5.35. The summed E-state index contributed by atoms with van der Waals surface area (Å²) in [5.74, 6) is 0.569. The highest BCUT2D eigenvalue weighted by Crippen LogP contribution is 2.36. The molecule has 0 aliphatic carbocycles. The standard InChI is InChI=1S/C15H12ClN3OS/c1-3-8-7-21-15(18-8)11-6-10(17)9-4-5-12(20-2)13(16)14(9)19-11/h3-7H,1H2,2H3,(H2,17,19). The third-order valence-electron chi connectivity index (χ3n) is 3.09. The number of nitrogens with zero attached hydrogens (tertiary/aromatic N) is 2. The molecule has 2 N–H and O–H groups in total. The molecule has 0 saturated heterocycles. The minimum absolute atomic E-state index is 0.448. The number of benzene rings is 1. The molecule has 0 unspecified atom stereocenters. The Labute approximate surface area is 130 Å². The monoisotopic (exact) mass is 317 g/mol. The Hall–Kier alpha value is -2.11. The molecule has 21 heavy (non-hydrogen) atoms. The van der Waals surface area contributed by atoms with E-state index in [2.05, 4.69) is 16.5 Å². The van der Waals surface area contributed by atoms with E-state index in [0.29, 0.717) is 27.7 Å². The fourth-order valence-electron chi connectivity index (χ4n) is 2.03. The van der Waals surface area contributed by atoms with Crippen LogP contribution in [0.3, 0.4) is 0 Å². The van der Waals surface area contributed by atoms with Crippen LogP contribution in [-0.2, 0) is 0 Å². The molecule has 0 saturated carbocycles. The molecule has 0 spiro atoms. The molecule has 4 nitrogen and oxygen atoms in total. The first-order valence-corrected chi connectivity index (χ1v) is 7.41. The van der Waals surface area contributed by atoms with Gasteiger partial charge >= 0.3 is 0 Å². The minimum atomic E-state index is 0.448. The van der Waals surface area contributed by atoms with Gasteiger partial charge in [0.05, 0.1) is 18.3 Å². The molecule has 2 aromatic heterocycles. The van der Waals surface area contributed by atoms with Gasteiger partial charge in [-0.05, 0) is 24.3 Å². The molecule has 6 heteroatoms. The van der Waals surface area contributed by atoms with Gasteiger partial charge in [-0.2, -0.15) is 0 Å². The number of thiazole rings is 1. The summed E-state index contributed by atoms with van der Waals surface area (Å²) in [6.45, 7) is 3.70. The average Bonchev–Trinajstić information content (AvgIpc) is 2.97. The number of methoxy groups -OCH3 is 1. The SMILES string of the molecule is C=Cc1csc(-c2cc(N)c3ccc(OC)c(Cl)c3n2)n1. The van der Waals surface area contributed by atoms with Gasteiger partial charge in [0, 0.05) is 16.5 Å². The highest BCUT2D eigenvalue weighted by Gasteiger charge is 2.13. The predicted octanol–water partition coefficient (Wildman–Crippen LogP) is 4.25. The molecule has 3 rings (SSSR count). The summed E-state index contributed by atoms with van der Waals surface area (Å²) in [5.41, 5.74) is 8.83. The Balaban J connectivity index is 2.25. The fourth-order valence-corrected chi connectivity index (χ4v) is 3.08. The molecular weight excluding hydrogens is 306 g/mol. The van der Waals surface area contributed by atoms with E-state index in [-0.39, 0.29) is 0 Å². The van der Waals surface area contributed by atoms with Crippen molar-refractivity contribution in [1.82, 2.24) is 9.97 Å². The number of aromatic nitrogens is 2. The van der Waals surface area contributed by atoms with E-state index in [1.54, 1.807) is 25.3 Å². The van der Waals surface area contributed by atoms with Crippen LogP contribution in [0.25, 0.3) is 27.7 Å². The van der Waals surface area contributed by atoms with Gasteiger partial charge in [0.2, 0.25) is 0 Å². The van der Waals surface area contributed by atoms with Crippen LogP contribution in [0.1, 0.15) is 5.69 Å². The van der Waals surface area contributed by atoms with E-state index in [1.165, 1.54) is 11.3 Å². The van der Waals surface area contributed by atoms with Gasteiger partial charge in [0.25, 0.3) is 0 Å². The van der Waals surface area contributed by atoms with Crippen LogP contribution >= 0.6 is 22.9 Å². The Morgan fingerprint density at radius 3 is 2.86 bits per heavy atom. The van der Waals surface area contributed by atoms with Crippen LogP contribution in [0.5, 0.6) is 5.75 Å². The van der Waals surface area contributed by atoms with Crippen molar-refractivity contribution in [2.24, 2.45) is 0 Å². The molecule has 106 valence electrons. The Morgan fingerprint density at radius 2 is 2.19 bits per heavy atom. The van der Waals surface area contributed by atoms with E-state index in [1.807, 2.05) is 11.4 Å². The van der Waals surface area contributed by atoms with Crippen LogP contribution in [0.2, 0.25) is 5.02 Å². The van der Waals surface area contributed by atoms with Gasteiger partial charge in [-0.1, -0.05) is 18.2 Å². The topological polar surface area (TPSA) is 61.0 Å². The zero-order chi connectivity index (χ0) is 15.0. The Bertz CT molecular complexity index is 844. The lowest BCUT2D eigenvalue weighted by atomic mass is 10.1. The highest BCUT2D eigenvalue weighted by atomic mass is 35.5. The second-order valence-electron chi connectivity index (χ2n) is 4.36. The number of anilines is 1. The normalized spacial score (nSPS) is 10.8. The molecule has 0 aliphatic heterocycles. The van der Waals surface area contributed by atoms with Crippen LogP contribution in [0, 0.1) is 0 Å². The third kappa shape index (κ3) is 2.34. The Morgan fingerprint density at radius 1 is 1.38 bits per heavy atom. The molecular formula is C15H12ClN3OS. The lowest BCUT2D eigenvalue weighted by Crippen LogP contribution is -1.95. The molecule has 1 aromatic carbocycles. The molecule has 0 radical (unpaired) electrons. The number of nitrogen functional groups attached to an aromatic ring is 1. The van der Waals surface area contributed by atoms with Gasteiger partial charge < -0.3 is 10.5 Å². The number of hydrogen-bond donors (Lipinski definition) is 1. The van der Waals surface area contributed by atoms with Crippen LogP contribution < -0.4 is 10.5 Å². The van der Waals surface area contributed by atoms with Gasteiger partial charge in [-0.25, -0.2) is 9.97 Å². The summed E-state index contributed by atoms with van der Waals surface area (Å²) in [6.07, 6.45) is 1.69. The smallest absolute Gasteiger partial charge is 0.142 e. The number of halogens is 1. The van der Waals surface area contributed by atoms with Crippen molar-refractivity contribution in [1.29, 1.82) is 0 Å². The number of ether oxygens (including phenoxy) is 1. The Kier molecular flexibility index (Phi) is 3.53. The van der Waals surface area contributed by atoms with Gasteiger partial charge in [0.15, 0.2) is 0 Å². The first-order valence-electron chi connectivity index (χ1n) is 6.15. The molecule has 0 aliphatic rings. The number of rotatable bonds is 3. The van der Waals surface area contributed by atoms with Crippen molar-refractivity contribution in [2.75, 3.05) is 12.8 Å². The fraction of sp³-hybridized carbons (Fsp3) is 0.0667. The minimum Gasteiger partial charge on any atom is -0.495 e. The first-order chi connectivity index (χ1) is 10.1. The van der Waals surface area contributed by atoms with Crippen molar-refractivity contribution < 1.29 is 4.74 Å². The van der Waals surface area contributed by atoms with Gasteiger partial charge in [-0.15, -0.1) is 11.3 Å². The number of fused-ring (bicyclic) bond motifs is 1. The summed E-state index contributed by atoms with van der Waals surface area (Å²) >= 11 is 7.81. The predicted molar refractivity (Wildman–Crippen MR) is 88.9 cm³/mol. The van der Waals surface area contributed by atoms with Crippen molar-refractivity contribution in [3.63, 3.8) is 0 Å². The summed E-state index contributed by atoms with van der Waals surface area (Å²) in [7, 11) is 1.57. The van der Waals surface area contributed by atoms with E-state index in [4.69, 9.17) is 22.1 Å². The van der Waals surface area contributed by atoms with Crippen molar-refractivity contribution >= 4 is 45.6 Å². The van der Waals surface area contributed by atoms with Crippen LogP contribution in [0.4, 0.5) is 5.69 Å². The maximum Gasteiger partial charge on any atom is 0.142 e. The quantitative estimate of drug-likeness (QED) is 0.784. The summed E-state index contributed by atoms with van der Waals surface area (Å²) in [4.78, 5) is 9.01. The van der Waals surface area contributed by atoms with E-state index in [9.17, 15) is 0 Å². The second-order valence-corrected chi connectivity index (χ2v) is 5.59. The van der Waals surface area contributed by atoms with E-state index >= 15 is 0 Å². The van der Waals surface area contributed by atoms with Crippen molar-refractivity contribution in [3.05, 3.63) is 40.9 Å². The third-order valence-corrected chi connectivity index (χ3v) is 4.33. The van der Waals surface area contributed by atoms with Crippen LogP contribution in [0.15, 0.2) is 30.2 Å². The van der Waals surface area contributed by atoms with Gasteiger partial charge in [-0.3, -0.25) is 0 Å². The number of hydrogen-bond acceptors (Lipinski definition) is 5. The first kappa shape index (κ1) is 13.9. The lowest BCUT2D eigenvalue weighted by molar-refractivity contribution is 0.415. The average molecular weight is 318 g/mol. The number of pyridine rings is 1. The summed E-state index contributed by atoms with van der Waals surface area (Å²) < 4.78 is 5.22. The van der Waals surface area contributed by atoms with E-state index < -0.39 is 0 Å². The molecule has 0 amide bonds. The molecule has 2 heterocycles. The maximum absolute atomic E-state index is 6.33.